The number of benzene rings is 1. The average molecular weight is 432 g/mol. The molecule has 1 aromatic carbocycles. The minimum Gasteiger partial charge on any atom is -0.362 e. The summed E-state index contributed by atoms with van der Waals surface area (Å²) in [5.41, 5.74) is 2.45. The minimum atomic E-state index is -4.46. The van der Waals surface area contributed by atoms with Crippen molar-refractivity contribution in [3.05, 3.63) is 69.5 Å². The largest absolute Gasteiger partial charge is 0.410 e. The Labute approximate surface area is 175 Å². The number of thiophene rings is 1. The van der Waals surface area contributed by atoms with Crippen LogP contribution in [-0.2, 0) is 13.0 Å². The lowest BCUT2D eigenvalue weighted by atomic mass is 9.99. The third-order valence-corrected chi connectivity index (χ3v) is 6.76. The van der Waals surface area contributed by atoms with Crippen LogP contribution in [0.5, 0.6) is 0 Å². The average Bonchev–Trinajstić information content (AvgIpc) is 3.41. The first-order valence-corrected chi connectivity index (χ1v) is 10.6. The predicted octanol–water partition coefficient (Wildman–Crippen LogP) is 4.80. The molecule has 0 saturated carbocycles. The third kappa shape index (κ3) is 3.27. The van der Waals surface area contributed by atoms with E-state index >= 15 is 0 Å². The first kappa shape index (κ1) is 19.2. The molecule has 1 amide bonds. The van der Waals surface area contributed by atoms with Gasteiger partial charge in [0.1, 0.15) is 11.4 Å². The quantitative estimate of drug-likeness (QED) is 0.633. The second-order valence-corrected chi connectivity index (χ2v) is 8.58. The Bertz CT molecular complexity index is 1080. The van der Waals surface area contributed by atoms with Crippen LogP contribution >= 0.6 is 11.3 Å². The van der Waals surface area contributed by atoms with Gasteiger partial charge in [-0.2, -0.15) is 18.3 Å². The van der Waals surface area contributed by atoms with Gasteiger partial charge in [0.05, 0.1) is 12.2 Å². The fraction of sp³-hybridized carbons (Fsp3) is 0.333. The van der Waals surface area contributed by atoms with Crippen molar-refractivity contribution in [3.8, 4) is 0 Å². The zero-order valence-electron chi connectivity index (χ0n) is 15.9. The van der Waals surface area contributed by atoms with E-state index in [0.29, 0.717) is 13.1 Å². The molecule has 2 aromatic heterocycles. The topological polar surface area (TPSA) is 50.2 Å². The van der Waals surface area contributed by atoms with E-state index in [0.717, 1.165) is 21.5 Å². The van der Waals surface area contributed by atoms with E-state index in [1.165, 1.54) is 23.1 Å². The Morgan fingerprint density at radius 3 is 2.70 bits per heavy atom. The number of nitrogens with one attached hydrogen (secondary N) is 1. The van der Waals surface area contributed by atoms with E-state index in [1.54, 1.807) is 4.90 Å². The first-order valence-electron chi connectivity index (χ1n) is 9.72. The Morgan fingerprint density at radius 2 is 1.97 bits per heavy atom. The van der Waals surface area contributed by atoms with Crippen LogP contribution < -0.4 is 5.32 Å². The molecule has 2 atom stereocenters. The predicted molar refractivity (Wildman–Crippen MR) is 108 cm³/mol. The number of anilines is 1. The van der Waals surface area contributed by atoms with Crippen molar-refractivity contribution in [3.63, 3.8) is 0 Å². The van der Waals surface area contributed by atoms with Gasteiger partial charge in [-0.15, -0.1) is 11.3 Å². The van der Waals surface area contributed by atoms with Crippen molar-refractivity contribution in [1.29, 1.82) is 0 Å². The van der Waals surface area contributed by atoms with E-state index in [1.807, 2.05) is 41.8 Å². The Hall–Kier alpha value is -2.81. The van der Waals surface area contributed by atoms with Gasteiger partial charge in [0, 0.05) is 24.4 Å². The van der Waals surface area contributed by atoms with Crippen LogP contribution in [0.15, 0.2) is 48.0 Å². The van der Waals surface area contributed by atoms with Crippen LogP contribution in [0.2, 0.25) is 0 Å². The first-order chi connectivity index (χ1) is 14.4. The maximum Gasteiger partial charge on any atom is 0.410 e. The van der Waals surface area contributed by atoms with Gasteiger partial charge in [-0.3, -0.25) is 4.79 Å². The summed E-state index contributed by atoms with van der Waals surface area (Å²) >= 11 is 1.40. The number of amides is 1. The number of halogens is 3. The number of nitrogens with zero attached hydrogens (tertiary/aromatic N) is 3. The highest BCUT2D eigenvalue weighted by atomic mass is 32.1. The molecule has 0 spiro atoms. The lowest BCUT2D eigenvalue weighted by molar-refractivity contribution is -0.173. The van der Waals surface area contributed by atoms with E-state index in [4.69, 9.17) is 0 Å². The lowest BCUT2D eigenvalue weighted by Crippen LogP contribution is -2.38. The van der Waals surface area contributed by atoms with E-state index in [2.05, 4.69) is 10.4 Å². The molecule has 3 aromatic rings. The Balaban J connectivity index is 1.48. The van der Waals surface area contributed by atoms with Crippen molar-refractivity contribution in [2.45, 2.75) is 37.6 Å². The molecule has 2 unspecified atom stereocenters. The highest BCUT2D eigenvalue weighted by molar-refractivity contribution is 7.10. The molecule has 9 heteroatoms. The summed E-state index contributed by atoms with van der Waals surface area (Å²) in [6.07, 6.45) is -2.63. The molecular weight excluding hydrogens is 413 g/mol. The molecule has 5 rings (SSSR count). The van der Waals surface area contributed by atoms with Crippen molar-refractivity contribution in [2.75, 3.05) is 11.9 Å². The summed E-state index contributed by atoms with van der Waals surface area (Å²) in [7, 11) is 0. The molecule has 156 valence electrons. The van der Waals surface area contributed by atoms with Gasteiger partial charge >= 0.3 is 6.18 Å². The molecule has 0 aliphatic carbocycles. The van der Waals surface area contributed by atoms with Crippen molar-refractivity contribution in [2.24, 2.45) is 0 Å². The maximum atomic E-state index is 13.8. The van der Waals surface area contributed by atoms with Crippen molar-refractivity contribution >= 4 is 23.1 Å². The van der Waals surface area contributed by atoms with Crippen LogP contribution in [0.1, 0.15) is 44.9 Å². The van der Waals surface area contributed by atoms with E-state index in [9.17, 15) is 18.0 Å². The summed E-state index contributed by atoms with van der Waals surface area (Å²) in [6, 6.07) is 9.25. The number of alkyl halides is 3. The number of fused-ring (bicyclic) bond motifs is 2. The van der Waals surface area contributed by atoms with E-state index < -0.39 is 18.3 Å². The van der Waals surface area contributed by atoms with Gasteiger partial charge in [-0.1, -0.05) is 30.3 Å². The summed E-state index contributed by atoms with van der Waals surface area (Å²) in [6.45, 7) is 0.966. The van der Waals surface area contributed by atoms with E-state index in [-0.39, 0.29) is 23.7 Å². The smallest absolute Gasteiger partial charge is 0.362 e. The molecule has 2 aliphatic heterocycles. The molecule has 4 heterocycles. The van der Waals surface area contributed by atoms with Crippen LogP contribution in [0.4, 0.5) is 19.0 Å². The number of hydrogen-bond donors (Lipinski definition) is 1. The van der Waals surface area contributed by atoms with Crippen molar-refractivity contribution in [1.82, 2.24) is 14.7 Å². The fourth-order valence-electron chi connectivity index (χ4n) is 4.23. The summed E-state index contributed by atoms with van der Waals surface area (Å²) in [4.78, 5) is 15.7. The van der Waals surface area contributed by atoms with Crippen LogP contribution in [-0.4, -0.2) is 33.3 Å². The van der Waals surface area contributed by atoms with Crippen LogP contribution in [0.3, 0.4) is 0 Å². The SMILES string of the molecule is O=C(c1cnn2c1NC(c1cccs1)CC2C(F)(F)F)N1CCc2ccccc2C1. The maximum absolute atomic E-state index is 13.8. The second kappa shape index (κ2) is 7.16. The monoisotopic (exact) mass is 432 g/mol. The summed E-state index contributed by atoms with van der Waals surface area (Å²) < 4.78 is 42.3. The minimum absolute atomic E-state index is 0.144. The van der Waals surface area contributed by atoms with Crippen LogP contribution in [0, 0.1) is 0 Å². The van der Waals surface area contributed by atoms with Gasteiger partial charge < -0.3 is 10.2 Å². The molecule has 0 fully saturated rings. The molecule has 0 saturated heterocycles. The number of carbonyl (C=O) groups is 1. The highest BCUT2D eigenvalue weighted by Crippen LogP contribution is 2.45. The number of rotatable bonds is 2. The fourth-order valence-corrected chi connectivity index (χ4v) is 5.03. The number of hydrogen-bond acceptors (Lipinski definition) is 4. The number of carbonyl (C=O) groups excluding carboxylic acids is 1. The zero-order valence-corrected chi connectivity index (χ0v) is 16.7. The standard InChI is InChI=1S/C21H19F3N4OS/c22-21(23,24)18-10-16(17-6-3-9-30-17)26-19-15(11-25-28(18)19)20(29)27-8-7-13-4-1-2-5-14(13)12-27/h1-6,9,11,16,18,26H,7-8,10,12H2. The number of aromatic nitrogens is 2. The molecule has 0 radical (unpaired) electrons. The van der Waals surface area contributed by atoms with Crippen LogP contribution in [0.25, 0.3) is 0 Å². The molecule has 5 nitrogen and oxygen atoms in total. The molecule has 0 bridgehead atoms. The van der Waals surface area contributed by atoms with Gasteiger partial charge in [0.2, 0.25) is 0 Å². The van der Waals surface area contributed by atoms with Gasteiger partial charge in [-0.25, -0.2) is 4.68 Å². The van der Waals surface area contributed by atoms with Gasteiger partial charge in [0.25, 0.3) is 5.91 Å². The Morgan fingerprint density at radius 1 is 1.17 bits per heavy atom. The highest BCUT2D eigenvalue weighted by Gasteiger charge is 2.47. The molecule has 2 aliphatic rings. The second-order valence-electron chi connectivity index (χ2n) is 7.60. The lowest BCUT2D eigenvalue weighted by Gasteiger charge is -2.34. The Kier molecular flexibility index (Phi) is 4.57. The summed E-state index contributed by atoms with van der Waals surface area (Å²) in [5, 5.41) is 8.96. The van der Waals surface area contributed by atoms with Gasteiger partial charge in [-0.05, 0) is 29.0 Å². The molecule has 1 N–H and O–H groups in total. The zero-order chi connectivity index (χ0) is 20.9. The summed E-state index contributed by atoms with van der Waals surface area (Å²) in [5.74, 6) is -0.156. The molecular formula is C21H19F3N4OS. The third-order valence-electron chi connectivity index (χ3n) is 5.77. The normalized spacial score (nSPS) is 21.0. The van der Waals surface area contributed by atoms with Gasteiger partial charge in [0.15, 0.2) is 6.04 Å². The molecule has 30 heavy (non-hydrogen) atoms. The van der Waals surface area contributed by atoms with Crippen molar-refractivity contribution < 1.29 is 18.0 Å².